The average molecular weight is 446 g/mol. The molecule has 2 aromatic heterocycles. The van der Waals surface area contributed by atoms with E-state index >= 15 is 0 Å². The minimum atomic E-state index is -0.261. The number of aryl methyl sites for hydroxylation is 1. The fourth-order valence-electron chi connectivity index (χ4n) is 4.60. The number of hydrogen-bond acceptors (Lipinski definition) is 5. The third-order valence-electron chi connectivity index (χ3n) is 6.42. The Morgan fingerprint density at radius 3 is 2.58 bits per heavy atom. The molecular formula is C25H27N5O3. The Hall–Kier alpha value is -3.52. The van der Waals surface area contributed by atoms with Crippen LogP contribution in [0.5, 0.6) is 0 Å². The van der Waals surface area contributed by atoms with Crippen LogP contribution < -0.4 is 0 Å². The number of aromatic nitrogens is 2. The van der Waals surface area contributed by atoms with Crippen molar-refractivity contribution >= 4 is 23.4 Å². The maximum atomic E-state index is 12.7. The molecule has 1 aromatic carbocycles. The van der Waals surface area contributed by atoms with E-state index in [2.05, 4.69) is 9.88 Å². The van der Waals surface area contributed by atoms with Crippen LogP contribution in [-0.4, -0.2) is 74.5 Å². The zero-order valence-corrected chi connectivity index (χ0v) is 18.7. The highest BCUT2D eigenvalue weighted by Gasteiger charge is 2.35. The highest BCUT2D eigenvalue weighted by molar-refractivity contribution is 6.21. The maximum Gasteiger partial charge on any atom is 0.261 e. The number of carbonyl (C=O) groups is 3. The second-order valence-electron chi connectivity index (χ2n) is 8.77. The number of amides is 3. The van der Waals surface area contributed by atoms with Gasteiger partial charge in [0, 0.05) is 58.1 Å². The molecule has 0 bridgehead atoms. The number of benzene rings is 1. The molecular weight excluding hydrogens is 418 g/mol. The van der Waals surface area contributed by atoms with Crippen LogP contribution in [0.1, 0.15) is 44.8 Å². The van der Waals surface area contributed by atoms with Gasteiger partial charge in [-0.3, -0.25) is 24.2 Å². The average Bonchev–Trinajstić information content (AvgIpc) is 3.33. The van der Waals surface area contributed by atoms with Crippen LogP contribution >= 0.6 is 0 Å². The Bertz CT molecular complexity index is 1190. The van der Waals surface area contributed by atoms with Crippen molar-refractivity contribution in [2.45, 2.75) is 26.3 Å². The Morgan fingerprint density at radius 1 is 1.00 bits per heavy atom. The van der Waals surface area contributed by atoms with Crippen molar-refractivity contribution in [3.05, 3.63) is 71.2 Å². The normalized spacial score (nSPS) is 16.6. The molecule has 0 N–H and O–H groups in total. The van der Waals surface area contributed by atoms with E-state index in [1.165, 1.54) is 4.90 Å². The Balaban J connectivity index is 1.08. The highest BCUT2D eigenvalue weighted by Crippen LogP contribution is 2.24. The van der Waals surface area contributed by atoms with E-state index in [1.807, 2.05) is 52.9 Å². The molecule has 3 aromatic rings. The fraction of sp³-hybridized carbons (Fsp3) is 0.360. The molecule has 0 saturated carbocycles. The zero-order valence-electron chi connectivity index (χ0n) is 18.7. The minimum Gasteiger partial charge on any atom is -0.340 e. The lowest BCUT2D eigenvalue weighted by molar-refractivity contribution is -0.133. The molecule has 4 heterocycles. The van der Waals surface area contributed by atoms with Gasteiger partial charge in [0.05, 0.1) is 16.8 Å². The van der Waals surface area contributed by atoms with E-state index in [4.69, 9.17) is 0 Å². The lowest BCUT2D eigenvalue weighted by atomic mass is 10.1. The van der Waals surface area contributed by atoms with E-state index in [1.54, 1.807) is 12.1 Å². The topological polar surface area (TPSA) is 78.2 Å². The Morgan fingerprint density at radius 2 is 1.79 bits per heavy atom. The van der Waals surface area contributed by atoms with E-state index in [-0.39, 0.29) is 24.3 Å². The van der Waals surface area contributed by atoms with Crippen LogP contribution in [0, 0.1) is 6.92 Å². The first-order valence-corrected chi connectivity index (χ1v) is 11.4. The summed E-state index contributed by atoms with van der Waals surface area (Å²) in [4.78, 5) is 47.9. The number of rotatable bonds is 6. The van der Waals surface area contributed by atoms with E-state index in [0.29, 0.717) is 37.1 Å². The standard InChI is InChI=1S/C25H27N5O3/c1-18-7-8-20-21(15-18)25(33)30(24(20)32)10-4-6-23(31)28-13-11-27(12-14-28)16-19-17-29-9-3-2-5-22(29)26-19/h2-3,5,7-9,15,17H,4,6,10-14,16H2,1H3. The molecule has 0 aliphatic carbocycles. The smallest absolute Gasteiger partial charge is 0.261 e. The molecule has 170 valence electrons. The largest absolute Gasteiger partial charge is 0.340 e. The number of imide groups is 1. The first-order valence-electron chi connectivity index (χ1n) is 11.4. The van der Waals surface area contributed by atoms with Crippen molar-refractivity contribution in [1.29, 1.82) is 0 Å². The van der Waals surface area contributed by atoms with Gasteiger partial charge in [-0.2, -0.15) is 0 Å². The van der Waals surface area contributed by atoms with Gasteiger partial charge in [0.15, 0.2) is 0 Å². The zero-order chi connectivity index (χ0) is 22.9. The summed E-state index contributed by atoms with van der Waals surface area (Å²) in [5, 5.41) is 0. The summed E-state index contributed by atoms with van der Waals surface area (Å²) in [6, 6.07) is 11.3. The molecule has 0 radical (unpaired) electrons. The van der Waals surface area contributed by atoms with Gasteiger partial charge >= 0.3 is 0 Å². The Kier molecular flexibility index (Phi) is 5.68. The van der Waals surface area contributed by atoms with Gasteiger partial charge in [-0.05, 0) is 37.6 Å². The molecule has 0 atom stereocenters. The lowest BCUT2D eigenvalue weighted by Gasteiger charge is -2.34. The molecule has 3 amide bonds. The van der Waals surface area contributed by atoms with Crippen LogP contribution in [0.3, 0.4) is 0 Å². The van der Waals surface area contributed by atoms with Crippen molar-refractivity contribution in [1.82, 2.24) is 24.1 Å². The summed E-state index contributed by atoms with van der Waals surface area (Å²) in [5.74, 6) is -0.440. The minimum absolute atomic E-state index is 0.0785. The number of hydrogen-bond donors (Lipinski definition) is 0. The van der Waals surface area contributed by atoms with Crippen LogP contribution in [0.25, 0.3) is 5.65 Å². The number of carbonyl (C=O) groups excluding carboxylic acids is 3. The number of nitrogens with zero attached hydrogens (tertiary/aromatic N) is 5. The molecule has 8 heteroatoms. The molecule has 5 rings (SSSR count). The first-order chi connectivity index (χ1) is 16.0. The third kappa shape index (κ3) is 4.26. The monoisotopic (exact) mass is 445 g/mol. The maximum absolute atomic E-state index is 12.7. The number of pyridine rings is 1. The number of imidazole rings is 1. The van der Waals surface area contributed by atoms with Crippen LogP contribution in [0.4, 0.5) is 0 Å². The highest BCUT2D eigenvalue weighted by atomic mass is 16.2. The second kappa shape index (κ2) is 8.78. The lowest BCUT2D eigenvalue weighted by Crippen LogP contribution is -2.48. The van der Waals surface area contributed by atoms with E-state index in [0.717, 1.165) is 36.5 Å². The molecule has 2 aliphatic heterocycles. The quantitative estimate of drug-likeness (QED) is 0.545. The molecule has 2 aliphatic rings. The van der Waals surface area contributed by atoms with E-state index < -0.39 is 0 Å². The SMILES string of the molecule is Cc1ccc2c(c1)C(=O)N(CCCC(=O)N1CCN(Cc3cn4ccccc4n3)CC1)C2=O. The van der Waals surface area contributed by atoms with E-state index in [9.17, 15) is 14.4 Å². The predicted molar refractivity (Wildman–Crippen MR) is 123 cm³/mol. The van der Waals surface area contributed by atoms with Gasteiger partial charge in [0.25, 0.3) is 11.8 Å². The molecule has 1 saturated heterocycles. The summed E-state index contributed by atoms with van der Waals surface area (Å²) in [6.07, 6.45) is 4.85. The van der Waals surface area contributed by atoms with Crippen molar-refractivity contribution in [2.75, 3.05) is 32.7 Å². The summed E-state index contributed by atoms with van der Waals surface area (Å²) in [6.45, 7) is 5.90. The third-order valence-corrected chi connectivity index (χ3v) is 6.42. The van der Waals surface area contributed by atoms with Gasteiger partial charge in [0.2, 0.25) is 5.91 Å². The molecule has 33 heavy (non-hydrogen) atoms. The van der Waals surface area contributed by atoms with Crippen molar-refractivity contribution in [2.24, 2.45) is 0 Å². The van der Waals surface area contributed by atoms with Gasteiger partial charge < -0.3 is 9.30 Å². The summed E-state index contributed by atoms with van der Waals surface area (Å²) in [7, 11) is 0. The fourth-order valence-corrected chi connectivity index (χ4v) is 4.60. The predicted octanol–water partition coefficient (Wildman–Crippen LogP) is 2.36. The summed E-state index contributed by atoms with van der Waals surface area (Å²) in [5.41, 5.74) is 3.84. The van der Waals surface area contributed by atoms with Crippen LogP contribution in [0.2, 0.25) is 0 Å². The number of piperazine rings is 1. The first kappa shape index (κ1) is 21.3. The van der Waals surface area contributed by atoms with Crippen molar-refractivity contribution in [3.8, 4) is 0 Å². The summed E-state index contributed by atoms with van der Waals surface area (Å²) >= 11 is 0. The molecule has 0 unspecified atom stereocenters. The molecule has 1 fully saturated rings. The van der Waals surface area contributed by atoms with Crippen LogP contribution in [0.15, 0.2) is 48.8 Å². The van der Waals surface area contributed by atoms with Gasteiger partial charge in [-0.1, -0.05) is 17.7 Å². The molecule has 8 nitrogen and oxygen atoms in total. The van der Waals surface area contributed by atoms with Gasteiger partial charge in [-0.15, -0.1) is 0 Å². The van der Waals surface area contributed by atoms with Crippen LogP contribution in [-0.2, 0) is 11.3 Å². The van der Waals surface area contributed by atoms with Gasteiger partial charge in [0.1, 0.15) is 5.65 Å². The summed E-state index contributed by atoms with van der Waals surface area (Å²) < 4.78 is 2.02. The van der Waals surface area contributed by atoms with Gasteiger partial charge in [-0.25, -0.2) is 4.98 Å². The van der Waals surface area contributed by atoms with Crippen molar-refractivity contribution in [3.63, 3.8) is 0 Å². The Labute approximate surface area is 192 Å². The second-order valence-corrected chi connectivity index (χ2v) is 8.77. The number of fused-ring (bicyclic) bond motifs is 2. The van der Waals surface area contributed by atoms with Crippen molar-refractivity contribution < 1.29 is 14.4 Å². The molecule has 0 spiro atoms.